The molecular formula is C22H18N2O8. The maximum absolute atomic E-state index is 13.4. The Bertz CT molecular complexity index is 1270. The zero-order valence-corrected chi connectivity index (χ0v) is 16.5. The summed E-state index contributed by atoms with van der Waals surface area (Å²) in [5.41, 5.74) is 2.58. The van der Waals surface area contributed by atoms with Gasteiger partial charge in [0.05, 0.1) is 11.8 Å². The third-order valence-corrected chi connectivity index (χ3v) is 6.61. The summed E-state index contributed by atoms with van der Waals surface area (Å²) in [5, 5.41) is 43.2. The summed E-state index contributed by atoms with van der Waals surface area (Å²) in [6, 6.07) is 2.90. The Kier molecular flexibility index (Phi) is 4.09. The Balaban J connectivity index is 1.72. The molecule has 2 aromatic rings. The lowest BCUT2D eigenvalue weighted by Gasteiger charge is -2.46. The van der Waals surface area contributed by atoms with E-state index in [2.05, 4.69) is 4.98 Å². The van der Waals surface area contributed by atoms with Gasteiger partial charge in [-0.05, 0) is 36.5 Å². The molecule has 3 aliphatic rings. The van der Waals surface area contributed by atoms with Gasteiger partial charge in [-0.2, -0.15) is 0 Å². The first-order valence-corrected chi connectivity index (χ1v) is 9.88. The molecule has 6 N–H and O–H groups in total. The van der Waals surface area contributed by atoms with E-state index < -0.39 is 52.0 Å². The van der Waals surface area contributed by atoms with Crippen LogP contribution in [-0.4, -0.2) is 48.5 Å². The van der Waals surface area contributed by atoms with Crippen LogP contribution < -0.4 is 5.73 Å². The number of oxazole rings is 1. The van der Waals surface area contributed by atoms with Crippen molar-refractivity contribution in [1.82, 2.24) is 4.98 Å². The molecule has 3 atom stereocenters. The Labute approximate surface area is 180 Å². The predicted molar refractivity (Wildman–Crippen MR) is 107 cm³/mol. The fraction of sp³-hybridized carbons (Fsp3) is 0.273. The molecule has 1 amide bonds. The zero-order valence-electron chi connectivity index (χ0n) is 16.5. The Hall–Kier alpha value is -3.92. The number of fused-ring (bicyclic) bond motifs is 3. The average molecular weight is 438 g/mol. The molecule has 0 spiro atoms. The molecule has 0 aliphatic heterocycles. The van der Waals surface area contributed by atoms with E-state index in [0.29, 0.717) is 11.1 Å². The van der Waals surface area contributed by atoms with Gasteiger partial charge in [0.25, 0.3) is 5.91 Å². The number of amides is 1. The number of ketones is 2. The van der Waals surface area contributed by atoms with E-state index in [1.165, 1.54) is 18.5 Å². The normalized spacial score (nSPS) is 27.2. The summed E-state index contributed by atoms with van der Waals surface area (Å²) in [7, 11) is 0. The number of aliphatic hydroxyl groups is 3. The molecule has 0 radical (unpaired) electrons. The number of Topliss-reactive ketones (excluding diaryl/α,β-unsaturated/α-hetero) is 2. The molecule has 3 aliphatic carbocycles. The van der Waals surface area contributed by atoms with E-state index in [-0.39, 0.29) is 42.0 Å². The highest BCUT2D eigenvalue weighted by Gasteiger charge is 2.60. The largest absolute Gasteiger partial charge is 0.508 e. The number of carbonyl (C=O) groups is 3. The second-order valence-electron chi connectivity index (χ2n) is 8.23. The van der Waals surface area contributed by atoms with Gasteiger partial charge in [0.15, 0.2) is 11.4 Å². The maximum Gasteiger partial charge on any atom is 0.255 e. The number of nitrogens with zero attached hydrogens (tertiary/aromatic N) is 1. The smallest absolute Gasteiger partial charge is 0.255 e. The number of carbonyl (C=O) groups excluding carboxylic acids is 3. The minimum absolute atomic E-state index is 0.00664. The quantitative estimate of drug-likeness (QED) is 0.428. The van der Waals surface area contributed by atoms with E-state index in [9.17, 15) is 34.8 Å². The van der Waals surface area contributed by atoms with Crippen LogP contribution in [0.2, 0.25) is 0 Å². The predicted octanol–water partition coefficient (Wildman–Crippen LogP) is 1.08. The number of aromatic hydroxyl groups is 1. The molecule has 1 aromatic heterocycles. The highest BCUT2D eigenvalue weighted by atomic mass is 16.4. The first-order chi connectivity index (χ1) is 15.2. The number of phenolic OH excluding ortho intramolecular Hbond substituents is 1. The Morgan fingerprint density at radius 2 is 1.94 bits per heavy atom. The van der Waals surface area contributed by atoms with Gasteiger partial charge >= 0.3 is 0 Å². The molecule has 1 unspecified atom stereocenters. The van der Waals surface area contributed by atoms with Gasteiger partial charge in [-0.1, -0.05) is 0 Å². The number of aromatic nitrogens is 1. The first kappa shape index (κ1) is 20.0. The van der Waals surface area contributed by atoms with E-state index in [0.717, 1.165) is 0 Å². The molecule has 32 heavy (non-hydrogen) atoms. The number of hydrogen-bond donors (Lipinski definition) is 5. The van der Waals surface area contributed by atoms with Crippen molar-refractivity contribution < 1.29 is 39.2 Å². The highest BCUT2D eigenvalue weighted by molar-refractivity contribution is 6.22. The topological polar surface area (TPSA) is 184 Å². The van der Waals surface area contributed by atoms with E-state index in [4.69, 9.17) is 10.2 Å². The summed E-state index contributed by atoms with van der Waals surface area (Å²) in [6.45, 7) is 0. The van der Waals surface area contributed by atoms with Gasteiger partial charge < -0.3 is 30.6 Å². The van der Waals surface area contributed by atoms with Gasteiger partial charge in [-0.25, -0.2) is 4.98 Å². The van der Waals surface area contributed by atoms with Crippen molar-refractivity contribution in [1.29, 1.82) is 0 Å². The van der Waals surface area contributed by atoms with Crippen LogP contribution in [0.15, 0.2) is 45.9 Å². The van der Waals surface area contributed by atoms with Crippen molar-refractivity contribution in [2.45, 2.75) is 24.9 Å². The third kappa shape index (κ3) is 2.43. The highest BCUT2D eigenvalue weighted by Crippen LogP contribution is 2.52. The lowest BCUT2D eigenvalue weighted by atomic mass is 9.59. The number of rotatable bonds is 2. The van der Waals surface area contributed by atoms with Crippen molar-refractivity contribution in [2.24, 2.45) is 17.6 Å². The number of primary amides is 1. The second kappa shape index (κ2) is 6.54. The number of nitrogens with two attached hydrogens (primary N) is 1. The maximum atomic E-state index is 13.4. The zero-order chi connectivity index (χ0) is 22.9. The molecule has 164 valence electrons. The first-order valence-electron chi connectivity index (χ1n) is 9.88. The standard InChI is InChI=1S/C22H18N2O8/c23-20(30)16-13(26)7-9-5-8-6-11-10(21-24-3-4-32-21)1-2-12(25)15(11)17(27)14(8)18(28)22(9,31)19(16)29/h1-4,8-9,25,27,29,31H,5-7H2,(H2,23,30)/t8-,9?,22+/m1/s1. The second-order valence-corrected chi connectivity index (χ2v) is 8.23. The fourth-order valence-corrected chi connectivity index (χ4v) is 5.18. The van der Waals surface area contributed by atoms with Crippen LogP contribution in [0, 0.1) is 11.8 Å². The van der Waals surface area contributed by atoms with Crippen LogP contribution >= 0.6 is 0 Å². The lowest BCUT2D eigenvalue weighted by molar-refractivity contribution is -0.147. The average Bonchev–Trinajstić information content (AvgIpc) is 3.25. The molecule has 10 heteroatoms. The SMILES string of the molecule is NC(=O)C1=C(O)[C@@]2(O)C(=O)C3=C(O)c4c(O)ccc(-c5ncco5)c4C[C@H]3CC2CC1=O. The van der Waals surface area contributed by atoms with Crippen LogP contribution in [0.3, 0.4) is 0 Å². The summed E-state index contributed by atoms with van der Waals surface area (Å²) >= 11 is 0. The summed E-state index contributed by atoms with van der Waals surface area (Å²) in [4.78, 5) is 41.5. The van der Waals surface area contributed by atoms with Crippen LogP contribution in [-0.2, 0) is 20.8 Å². The van der Waals surface area contributed by atoms with Gasteiger partial charge in [-0.15, -0.1) is 0 Å². The molecule has 1 aromatic carbocycles. The summed E-state index contributed by atoms with van der Waals surface area (Å²) < 4.78 is 5.36. The number of aliphatic hydroxyl groups excluding tert-OH is 2. The molecule has 1 saturated carbocycles. The van der Waals surface area contributed by atoms with Crippen molar-refractivity contribution in [3.05, 3.63) is 52.6 Å². The van der Waals surface area contributed by atoms with Crippen LogP contribution in [0.4, 0.5) is 0 Å². The Morgan fingerprint density at radius 3 is 2.59 bits per heavy atom. The molecule has 1 heterocycles. The minimum Gasteiger partial charge on any atom is -0.508 e. The molecule has 10 nitrogen and oxygen atoms in total. The van der Waals surface area contributed by atoms with Gasteiger partial charge in [-0.3, -0.25) is 14.4 Å². The summed E-state index contributed by atoms with van der Waals surface area (Å²) in [6.07, 6.45) is 2.70. The third-order valence-electron chi connectivity index (χ3n) is 6.61. The molecule has 1 fully saturated rings. The lowest BCUT2D eigenvalue weighted by Crippen LogP contribution is -2.58. The molecule has 5 rings (SSSR count). The van der Waals surface area contributed by atoms with E-state index in [1.807, 2.05) is 0 Å². The van der Waals surface area contributed by atoms with Crippen molar-refractivity contribution in [3.63, 3.8) is 0 Å². The molecular weight excluding hydrogens is 420 g/mol. The van der Waals surface area contributed by atoms with E-state index in [1.54, 1.807) is 6.07 Å². The van der Waals surface area contributed by atoms with Crippen molar-refractivity contribution in [3.8, 4) is 17.2 Å². The number of benzene rings is 1. The molecule has 0 saturated heterocycles. The fourth-order valence-electron chi connectivity index (χ4n) is 5.18. The van der Waals surface area contributed by atoms with E-state index >= 15 is 0 Å². The van der Waals surface area contributed by atoms with Gasteiger partial charge in [0.1, 0.15) is 29.1 Å². The monoisotopic (exact) mass is 438 g/mol. The number of phenols is 1. The molecule has 0 bridgehead atoms. The van der Waals surface area contributed by atoms with Crippen LogP contribution in [0.5, 0.6) is 5.75 Å². The van der Waals surface area contributed by atoms with Crippen LogP contribution in [0.1, 0.15) is 24.0 Å². The van der Waals surface area contributed by atoms with Gasteiger partial charge in [0.2, 0.25) is 11.7 Å². The summed E-state index contributed by atoms with van der Waals surface area (Å²) in [5.74, 6) is -6.37. The van der Waals surface area contributed by atoms with Gasteiger partial charge in [0, 0.05) is 23.5 Å². The van der Waals surface area contributed by atoms with Crippen molar-refractivity contribution >= 4 is 23.2 Å². The minimum atomic E-state index is -2.58. The van der Waals surface area contributed by atoms with Crippen molar-refractivity contribution in [2.75, 3.05) is 0 Å². The van der Waals surface area contributed by atoms with Crippen LogP contribution in [0.25, 0.3) is 17.2 Å². The number of hydrogen-bond acceptors (Lipinski definition) is 9. The Morgan fingerprint density at radius 1 is 1.19 bits per heavy atom.